The lowest BCUT2D eigenvalue weighted by molar-refractivity contribution is 0.143. The van der Waals surface area contributed by atoms with Gasteiger partial charge in [-0.25, -0.2) is 9.78 Å². The Hall–Kier alpha value is -3.06. The summed E-state index contributed by atoms with van der Waals surface area (Å²) in [5.41, 5.74) is 2.21. The first-order chi connectivity index (χ1) is 12.8. The molecule has 2 aromatic heterocycles. The normalized spacial score (nSPS) is 15.2. The first-order valence-corrected chi connectivity index (χ1v) is 8.66. The first kappa shape index (κ1) is 16.4. The maximum atomic E-state index is 12.3. The summed E-state index contributed by atoms with van der Waals surface area (Å²) in [4.78, 5) is 29.0. The van der Waals surface area contributed by atoms with Crippen LogP contribution in [-0.4, -0.2) is 57.0 Å². The van der Waals surface area contributed by atoms with Crippen LogP contribution < -0.4 is 5.32 Å². The van der Waals surface area contributed by atoms with Crippen molar-refractivity contribution in [3.63, 3.8) is 0 Å². The van der Waals surface area contributed by atoms with Crippen LogP contribution in [0.4, 0.5) is 10.6 Å². The Labute approximate surface area is 151 Å². The van der Waals surface area contributed by atoms with Crippen molar-refractivity contribution in [1.29, 1.82) is 0 Å². The number of carbonyl (C=O) groups is 1. The summed E-state index contributed by atoms with van der Waals surface area (Å²) in [6, 6.07) is 10.2. The van der Waals surface area contributed by atoms with Gasteiger partial charge < -0.3 is 4.90 Å². The van der Waals surface area contributed by atoms with Gasteiger partial charge in [0.1, 0.15) is 0 Å². The van der Waals surface area contributed by atoms with Crippen molar-refractivity contribution >= 4 is 22.8 Å². The number of aromatic nitrogens is 3. The number of rotatable bonds is 3. The average Bonchev–Trinajstić information content (AvgIpc) is 2.69. The van der Waals surface area contributed by atoms with Gasteiger partial charge in [-0.3, -0.25) is 20.2 Å². The lowest BCUT2D eigenvalue weighted by Crippen LogP contribution is -2.49. The van der Waals surface area contributed by atoms with E-state index in [-0.39, 0.29) is 6.03 Å². The van der Waals surface area contributed by atoms with E-state index >= 15 is 0 Å². The highest BCUT2D eigenvalue weighted by Crippen LogP contribution is 2.15. The summed E-state index contributed by atoms with van der Waals surface area (Å²) in [7, 11) is 0. The van der Waals surface area contributed by atoms with Gasteiger partial charge in [-0.2, -0.15) is 0 Å². The lowest BCUT2D eigenvalue weighted by atomic mass is 10.1. The minimum Gasteiger partial charge on any atom is -0.322 e. The molecule has 0 atom stereocenters. The highest BCUT2D eigenvalue weighted by Gasteiger charge is 2.21. The third-order valence-electron chi connectivity index (χ3n) is 4.51. The zero-order chi connectivity index (χ0) is 17.8. The predicted octanol–water partition coefficient (Wildman–Crippen LogP) is 2.37. The molecule has 4 rings (SSSR count). The van der Waals surface area contributed by atoms with Gasteiger partial charge in [0.05, 0.1) is 11.7 Å². The first-order valence-electron chi connectivity index (χ1n) is 8.66. The van der Waals surface area contributed by atoms with Gasteiger partial charge in [0.15, 0.2) is 5.82 Å². The van der Waals surface area contributed by atoms with Gasteiger partial charge in [-0.1, -0.05) is 18.2 Å². The van der Waals surface area contributed by atoms with Crippen LogP contribution >= 0.6 is 0 Å². The molecule has 0 spiro atoms. The van der Waals surface area contributed by atoms with E-state index in [1.807, 2.05) is 29.3 Å². The number of hydrogen-bond acceptors (Lipinski definition) is 5. The van der Waals surface area contributed by atoms with E-state index in [2.05, 4.69) is 37.3 Å². The molecule has 1 fully saturated rings. The number of benzene rings is 1. The fraction of sp³-hybridized carbons (Fsp3) is 0.263. The van der Waals surface area contributed by atoms with Crippen LogP contribution in [0.5, 0.6) is 0 Å². The zero-order valence-electron chi connectivity index (χ0n) is 14.4. The molecule has 1 aromatic carbocycles. The van der Waals surface area contributed by atoms with E-state index in [1.54, 1.807) is 18.6 Å². The summed E-state index contributed by atoms with van der Waals surface area (Å²) in [6.45, 7) is 3.89. The van der Waals surface area contributed by atoms with Crippen molar-refractivity contribution in [2.24, 2.45) is 0 Å². The molecule has 1 N–H and O–H groups in total. The number of amides is 2. The Morgan fingerprint density at radius 1 is 1.04 bits per heavy atom. The van der Waals surface area contributed by atoms with Gasteiger partial charge in [0.25, 0.3) is 0 Å². The van der Waals surface area contributed by atoms with Crippen molar-refractivity contribution < 1.29 is 4.79 Å². The summed E-state index contributed by atoms with van der Waals surface area (Å²) < 4.78 is 0. The quantitative estimate of drug-likeness (QED) is 0.787. The molecule has 3 aromatic rings. The van der Waals surface area contributed by atoms with Crippen LogP contribution in [0.3, 0.4) is 0 Å². The standard InChI is InChI=1S/C19H20N6O/c26-19(23-18-13-20-5-6-21-18)25-9-7-24(8-10-25)14-15-11-16-3-1-2-4-17(16)22-12-15/h1-6,11-13H,7-10,14H2,(H,21,23,26). The summed E-state index contributed by atoms with van der Waals surface area (Å²) in [5, 5.41) is 3.94. The van der Waals surface area contributed by atoms with Crippen LogP contribution in [0.2, 0.25) is 0 Å². The Balaban J connectivity index is 1.32. The number of carbonyl (C=O) groups excluding carboxylic acids is 1. The number of urea groups is 1. The molecule has 7 heteroatoms. The van der Waals surface area contributed by atoms with Gasteiger partial charge >= 0.3 is 6.03 Å². The molecule has 1 saturated heterocycles. The molecule has 26 heavy (non-hydrogen) atoms. The number of pyridine rings is 1. The van der Waals surface area contributed by atoms with Gasteiger partial charge in [0.2, 0.25) is 0 Å². The van der Waals surface area contributed by atoms with Crippen molar-refractivity contribution in [2.75, 3.05) is 31.5 Å². The number of nitrogens with zero attached hydrogens (tertiary/aromatic N) is 5. The third kappa shape index (κ3) is 3.78. The number of para-hydroxylation sites is 1. The largest absolute Gasteiger partial charge is 0.323 e. The van der Waals surface area contributed by atoms with Gasteiger partial charge in [0, 0.05) is 56.7 Å². The van der Waals surface area contributed by atoms with Gasteiger partial charge in [-0.05, 0) is 17.7 Å². The second-order valence-electron chi connectivity index (χ2n) is 6.32. The van der Waals surface area contributed by atoms with Crippen LogP contribution in [0.15, 0.2) is 55.1 Å². The Bertz CT molecular complexity index is 893. The number of nitrogens with one attached hydrogen (secondary N) is 1. The lowest BCUT2D eigenvalue weighted by Gasteiger charge is -2.34. The molecule has 0 bridgehead atoms. The van der Waals surface area contributed by atoms with Crippen molar-refractivity contribution in [3.05, 3.63) is 60.7 Å². The molecular formula is C19H20N6O. The van der Waals surface area contributed by atoms with E-state index in [0.29, 0.717) is 18.9 Å². The Morgan fingerprint density at radius 3 is 2.69 bits per heavy atom. The fourth-order valence-electron chi connectivity index (χ4n) is 3.12. The van der Waals surface area contributed by atoms with Crippen molar-refractivity contribution in [2.45, 2.75) is 6.54 Å². The number of fused-ring (bicyclic) bond motifs is 1. The van der Waals surface area contributed by atoms with E-state index in [1.165, 1.54) is 5.56 Å². The van der Waals surface area contributed by atoms with Crippen LogP contribution in [0, 0.1) is 0 Å². The molecule has 1 aliphatic heterocycles. The Kier molecular flexibility index (Phi) is 4.70. The molecule has 0 radical (unpaired) electrons. The summed E-state index contributed by atoms with van der Waals surface area (Å²) >= 11 is 0. The third-order valence-corrected chi connectivity index (χ3v) is 4.51. The molecule has 0 saturated carbocycles. The fourth-order valence-corrected chi connectivity index (χ4v) is 3.12. The molecule has 0 aliphatic carbocycles. The van der Waals surface area contributed by atoms with E-state index in [9.17, 15) is 4.79 Å². The average molecular weight is 348 g/mol. The summed E-state index contributed by atoms with van der Waals surface area (Å²) in [5.74, 6) is 0.474. The van der Waals surface area contributed by atoms with E-state index in [0.717, 1.165) is 30.5 Å². The maximum Gasteiger partial charge on any atom is 0.323 e. The monoisotopic (exact) mass is 348 g/mol. The maximum absolute atomic E-state index is 12.3. The highest BCUT2D eigenvalue weighted by molar-refractivity contribution is 5.88. The highest BCUT2D eigenvalue weighted by atomic mass is 16.2. The van der Waals surface area contributed by atoms with Crippen LogP contribution in [0.1, 0.15) is 5.56 Å². The zero-order valence-corrected chi connectivity index (χ0v) is 14.4. The number of piperazine rings is 1. The van der Waals surface area contributed by atoms with Gasteiger partial charge in [-0.15, -0.1) is 0 Å². The van der Waals surface area contributed by atoms with Crippen molar-refractivity contribution in [3.8, 4) is 0 Å². The topological polar surface area (TPSA) is 74.2 Å². The molecular weight excluding hydrogens is 328 g/mol. The predicted molar refractivity (Wildman–Crippen MR) is 99.6 cm³/mol. The van der Waals surface area contributed by atoms with E-state index < -0.39 is 0 Å². The van der Waals surface area contributed by atoms with Crippen LogP contribution in [-0.2, 0) is 6.54 Å². The second-order valence-corrected chi connectivity index (χ2v) is 6.32. The van der Waals surface area contributed by atoms with Crippen molar-refractivity contribution in [1.82, 2.24) is 24.8 Å². The second kappa shape index (κ2) is 7.45. The molecule has 3 heterocycles. The number of anilines is 1. The molecule has 0 unspecified atom stereocenters. The van der Waals surface area contributed by atoms with Crippen LogP contribution in [0.25, 0.3) is 10.9 Å². The molecule has 2 amide bonds. The molecule has 132 valence electrons. The SMILES string of the molecule is O=C(Nc1cnccn1)N1CCN(Cc2cnc3ccccc3c2)CC1. The molecule has 1 aliphatic rings. The Morgan fingerprint density at radius 2 is 1.88 bits per heavy atom. The summed E-state index contributed by atoms with van der Waals surface area (Å²) in [6.07, 6.45) is 6.62. The smallest absolute Gasteiger partial charge is 0.322 e. The minimum atomic E-state index is -0.127. The minimum absolute atomic E-state index is 0.127. The molecule has 7 nitrogen and oxygen atoms in total. The van der Waals surface area contributed by atoms with E-state index in [4.69, 9.17) is 0 Å². The number of hydrogen-bond donors (Lipinski definition) is 1.